The summed E-state index contributed by atoms with van der Waals surface area (Å²) >= 11 is 0. The number of hydrogen-bond acceptors (Lipinski definition) is 2. The summed E-state index contributed by atoms with van der Waals surface area (Å²) in [5.41, 5.74) is 0. The van der Waals surface area contributed by atoms with Gasteiger partial charge in [-0.15, -0.1) is 0 Å². The van der Waals surface area contributed by atoms with E-state index in [4.69, 9.17) is 0 Å². The predicted molar refractivity (Wildman–Crippen MR) is 71.7 cm³/mol. The van der Waals surface area contributed by atoms with Crippen molar-refractivity contribution < 1.29 is 0 Å². The van der Waals surface area contributed by atoms with E-state index in [9.17, 15) is 0 Å². The Bertz CT molecular complexity index is 191. The van der Waals surface area contributed by atoms with Gasteiger partial charge < -0.3 is 5.32 Å². The third-order valence-corrected chi connectivity index (χ3v) is 4.51. The van der Waals surface area contributed by atoms with Crippen molar-refractivity contribution in [1.82, 2.24) is 10.2 Å². The number of nitrogens with zero attached hydrogens (tertiary/aromatic N) is 1. The highest BCUT2D eigenvalue weighted by atomic mass is 15.2. The zero-order valence-corrected chi connectivity index (χ0v) is 11.8. The van der Waals surface area contributed by atoms with E-state index in [2.05, 4.69) is 45.0 Å². The second kappa shape index (κ2) is 6.61. The smallest absolute Gasteiger partial charge is 0.0218 e. The number of likely N-dealkylation sites (N-methyl/N-ethyl adjacent to an activating group) is 1. The Balaban J connectivity index is 2.46. The third kappa shape index (κ3) is 3.74. The maximum atomic E-state index is 3.37. The summed E-state index contributed by atoms with van der Waals surface area (Å²) in [5.74, 6) is 1.80. The lowest BCUT2D eigenvalue weighted by Gasteiger charge is -2.32. The molecule has 0 aliphatic carbocycles. The average Bonchev–Trinajstić information content (AvgIpc) is 2.52. The van der Waals surface area contributed by atoms with E-state index in [1.165, 1.54) is 32.4 Å². The Kier molecular flexibility index (Phi) is 5.77. The Hall–Kier alpha value is -0.0800. The van der Waals surface area contributed by atoms with Crippen LogP contribution in [-0.2, 0) is 0 Å². The molecule has 2 nitrogen and oxygen atoms in total. The van der Waals surface area contributed by atoms with Gasteiger partial charge in [-0.05, 0) is 65.1 Å². The first kappa shape index (κ1) is 14.0. The van der Waals surface area contributed by atoms with Gasteiger partial charge in [0, 0.05) is 12.1 Å². The fourth-order valence-electron chi connectivity index (χ4n) is 2.78. The third-order valence-electron chi connectivity index (χ3n) is 4.51. The van der Waals surface area contributed by atoms with Gasteiger partial charge in [0.15, 0.2) is 0 Å². The van der Waals surface area contributed by atoms with Crippen LogP contribution in [-0.4, -0.2) is 37.1 Å². The quantitative estimate of drug-likeness (QED) is 0.793. The summed E-state index contributed by atoms with van der Waals surface area (Å²) in [4.78, 5) is 2.67. The maximum absolute atomic E-state index is 3.37. The Morgan fingerprint density at radius 2 is 1.75 bits per heavy atom. The second-order valence-electron chi connectivity index (χ2n) is 5.79. The van der Waals surface area contributed by atoms with Gasteiger partial charge in [-0.25, -0.2) is 0 Å². The van der Waals surface area contributed by atoms with E-state index in [1.807, 2.05) is 0 Å². The molecule has 1 saturated heterocycles. The fraction of sp³-hybridized carbons (Fsp3) is 1.00. The van der Waals surface area contributed by atoms with Crippen LogP contribution >= 0.6 is 0 Å². The van der Waals surface area contributed by atoms with Crippen LogP contribution in [0.1, 0.15) is 47.0 Å². The van der Waals surface area contributed by atoms with Gasteiger partial charge in [0.25, 0.3) is 0 Å². The average molecular weight is 226 g/mol. The fourth-order valence-corrected chi connectivity index (χ4v) is 2.78. The van der Waals surface area contributed by atoms with Crippen molar-refractivity contribution in [2.45, 2.75) is 59.0 Å². The van der Waals surface area contributed by atoms with E-state index in [-0.39, 0.29) is 0 Å². The molecule has 1 rings (SSSR count). The van der Waals surface area contributed by atoms with Gasteiger partial charge in [-0.2, -0.15) is 0 Å². The van der Waals surface area contributed by atoms with Gasteiger partial charge in [-0.3, -0.25) is 4.90 Å². The first-order valence-electron chi connectivity index (χ1n) is 6.97. The van der Waals surface area contributed by atoms with Crippen LogP contribution in [0.2, 0.25) is 0 Å². The highest BCUT2D eigenvalue weighted by Crippen LogP contribution is 2.25. The molecular weight excluding hydrogens is 196 g/mol. The van der Waals surface area contributed by atoms with Crippen LogP contribution < -0.4 is 5.32 Å². The topological polar surface area (TPSA) is 15.3 Å². The largest absolute Gasteiger partial charge is 0.316 e. The minimum Gasteiger partial charge on any atom is -0.316 e. The molecule has 0 aromatic carbocycles. The minimum absolute atomic E-state index is 0.593. The molecular formula is C14H30N2. The summed E-state index contributed by atoms with van der Waals surface area (Å²) < 4.78 is 0. The molecule has 0 radical (unpaired) electrons. The Morgan fingerprint density at radius 1 is 1.06 bits per heavy atom. The molecule has 0 amide bonds. The molecule has 1 heterocycles. The van der Waals surface area contributed by atoms with Gasteiger partial charge in [-0.1, -0.05) is 13.8 Å². The van der Waals surface area contributed by atoms with Crippen molar-refractivity contribution in [2.75, 3.05) is 20.1 Å². The monoisotopic (exact) mass is 226 g/mol. The van der Waals surface area contributed by atoms with E-state index in [0.717, 1.165) is 11.8 Å². The summed E-state index contributed by atoms with van der Waals surface area (Å²) in [6, 6.07) is 1.26. The molecule has 1 fully saturated rings. The summed E-state index contributed by atoms with van der Waals surface area (Å²) in [6.45, 7) is 12.0. The number of rotatable bonds is 4. The van der Waals surface area contributed by atoms with Crippen molar-refractivity contribution >= 4 is 0 Å². The molecule has 3 unspecified atom stereocenters. The van der Waals surface area contributed by atoms with Crippen LogP contribution in [0.5, 0.6) is 0 Å². The summed E-state index contributed by atoms with van der Waals surface area (Å²) in [7, 11) is 2.07. The second-order valence-corrected chi connectivity index (χ2v) is 5.79. The molecule has 16 heavy (non-hydrogen) atoms. The normalized spacial score (nSPS) is 27.8. The molecule has 1 N–H and O–H groups in total. The standard InChI is InChI=1S/C14H30N2/c1-11(2)14-7-6-9-16(10-8-14)13(4)12(3)15-5/h11-15H,6-10H2,1-5H3. The van der Waals surface area contributed by atoms with Crippen molar-refractivity contribution in [2.24, 2.45) is 11.8 Å². The van der Waals surface area contributed by atoms with Crippen LogP contribution in [0.4, 0.5) is 0 Å². The van der Waals surface area contributed by atoms with Gasteiger partial charge in [0.2, 0.25) is 0 Å². The predicted octanol–water partition coefficient (Wildman–Crippen LogP) is 2.74. The highest BCUT2D eigenvalue weighted by molar-refractivity contribution is 4.80. The number of nitrogens with one attached hydrogen (secondary N) is 1. The molecule has 96 valence electrons. The van der Waals surface area contributed by atoms with Crippen molar-refractivity contribution in [3.8, 4) is 0 Å². The van der Waals surface area contributed by atoms with Gasteiger partial charge in [0.1, 0.15) is 0 Å². The highest BCUT2D eigenvalue weighted by Gasteiger charge is 2.24. The van der Waals surface area contributed by atoms with Gasteiger partial charge >= 0.3 is 0 Å². The van der Waals surface area contributed by atoms with Crippen molar-refractivity contribution in [1.29, 1.82) is 0 Å². The van der Waals surface area contributed by atoms with Crippen LogP contribution in [0.15, 0.2) is 0 Å². The Labute approximate surface area is 102 Å². The molecule has 0 aromatic heterocycles. The lowest BCUT2D eigenvalue weighted by Crippen LogP contribution is -2.46. The van der Waals surface area contributed by atoms with E-state index in [1.54, 1.807) is 0 Å². The maximum Gasteiger partial charge on any atom is 0.0218 e. The Morgan fingerprint density at radius 3 is 2.31 bits per heavy atom. The molecule has 0 aromatic rings. The first-order valence-corrected chi connectivity index (χ1v) is 6.97. The lowest BCUT2D eigenvalue weighted by atomic mass is 9.89. The molecule has 2 heteroatoms. The van der Waals surface area contributed by atoms with E-state index in [0.29, 0.717) is 12.1 Å². The first-order chi connectivity index (χ1) is 7.56. The zero-order chi connectivity index (χ0) is 12.1. The SMILES string of the molecule is CNC(C)C(C)N1CCCC(C(C)C)CC1. The summed E-state index contributed by atoms with van der Waals surface area (Å²) in [5, 5.41) is 3.37. The van der Waals surface area contributed by atoms with Crippen molar-refractivity contribution in [3.63, 3.8) is 0 Å². The summed E-state index contributed by atoms with van der Waals surface area (Å²) in [6.07, 6.45) is 4.19. The molecule has 0 saturated carbocycles. The number of hydrogen-bond donors (Lipinski definition) is 1. The van der Waals surface area contributed by atoms with Crippen molar-refractivity contribution in [3.05, 3.63) is 0 Å². The van der Waals surface area contributed by atoms with Crippen LogP contribution in [0.3, 0.4) is 0 Å². The molecule has 3 atom stereocenters. The molecule has 1 aliphatic rings. The van der Waals surface area contributed by atoms with Crippen LogP contribution in [0, 0.1) is 11.8 Å². The molecule has 1 aliphatic heterocycles. The lowest BCUT2D eigenvalue weighted by molar-refractivity contribution is 0.180. The molecule has 0 bridgehead atoms. The van der Waals surface area contributed by atoms with Crippen LogP contribution in [0.25, 0.3) is 0 Å². The van der Waals surface area contributed by atoms with E-state index >= 15 is 0 Å². The number of likely N-dealkylation sites (tertiary alicyclic amines) is 1. The molecule has 0 spiro atoms. The van der Waals surface area contributed by atoms with Gasteiger partial charge in [0.05, 0.1) is 0 Å². The minimum atomic E-state index is 0.593. The van der Waals surface area contributed by atoms with E-state index < -0.39 is 0 Å². The zero-order valence-electron chi connectivity index (χ0n) is 11.8.